The van der Waals surface area contributed by atoms with E-state index in [2.05, 4.69) is 36.2 Å². The molecule has 0 radical (unpaired) electrons. The molecule has 0 aliphatic rings. The van der Waals surface area contributed by atoms with Crippen LogP contribution < -0.4 is 0 Å². The highest BCUT2D eigenvalue weighted by Crippen LogP contribution is 2.23. The molecule has 0 amide bonds. The summed E-state index contributed by atoms with van der Waals surface area (Å²) in [4.78, 5) is 12.0. The minimum absolute atomic E-state index is 0.0653. The van der Waals surface area contributed by atoms with Gasteiger partial charge in [0.05, 0.1) is 0 Å². The fourth-order valence-corrected chi connectivity index (χ4v) is 2.43. The van der Waals surface area contributed by atoms with Crippen molar-refractivity contribution in [2.45, 2.75) is 0 Å². The fourth-order valence-electron chi connectivity index (χ4n) is 1.14. The number of hydrogen-bond donors (Lipinski definition) is 0. The number of hydrogen-bond acceptors (Lipinski definition) is 3. The van der Waals surface area contributed by atoms with Crippen LogP contribution in [0.5, 0.6) is 0 Å². The summed E-state index contributed by atoms with van der Waals surface area (Å²) in [5.41, 5.74) is 1.11. The van der Waals surface area contributed by atoms with Gasteiger partial charge in [0.2, 0.25) is 5.78 Å². The van der Waals surface area contributed by atoms with Gasteiger partial charge in [-0.25, -0.2) is 0 Å². The number of rotatable bonds is 2. The van der Waals surface area contributed by atoms with E-state index in [1.165, 1.54) is 11.5 Å². The van der Waals surface area contributed by atoms with Gasteiger partial charge in [0.25, 0.3) is 0 Å². The van der Waals surface area contributed by atoms with E-state index in [4.69, 9.17) is 0 Å². The average Bonchev–Trinajstić information content (AvgIpc) is 2.74. The summed E-state index contributed by atoms with van der Waals surface area (Å²) in [6.45, 7) is 0. The predicted molar refractivity (Wildman–Crippen MR) is 67.4 cm³/mol. The largest absolute Gasteiger partial charge is 0.287 e. The number of halogens is 2. The quantitative estimate of drug-likeness (QED) is 0.772. The van der Waals surface area contributed by atoms with Gasteiger partial charge < -0.3 is 0 Å². The Hall–Kier alpha value is -0.520. The monoisotopic (exact) mass is 345 g/mol. The molecule has 0 aliphatic heterocycles. The van der Waals surface area contributed by atoms with Crippen LogP contribution in [0.15, 0.2) is 38.6 Å². The molecule has 2 aromatic rings. The topological polar surface area (TPSA) is 30.0 Å². The molecule has 1 heterocycles. The number of carbonyl (C=O) groups is 1. The second-order valence-corrected chi connectivity index (χ2v) is 5.27. The molecule has 1 aromatic carbocycles. The van der Waals surface area contributed by atoms with E-state index in [-0.39, 0.29) is 5.78 Å². The van der Waals surface area contributed by atoms with E-state index in [1.54, 1.807) is 17.5 Å². The third-order valence-electron chi connectivity index (χ3n) is 1.84. The van der Waals surface area contributed by atoms with Crippen LogP contribution in [-0.4, -0.2) is 10.2 Å². The number of carbonyl (C=O) groups excluding carboxylic acids is 1. The number of nitrogens with zero attached hydrogens (tertiary/aromatic N) is 1. The van der Waals surface area contributed by atoms with Crippen LogP contribution in [0.3, 0.4) is 0 Å². The maximum atomic E-state index is 12.0. The Morgan fingerprint density at radius 2 is 2.07 bits per heavy atom. The normalized spacial score (nSPS) is 10.3. The maximum absolute atomic E-state index is 12.0. The predicted octanol–water partition coefficient (Wildman–Crippen LogP) is 3.90. The standard InChI is InChI=1S/C10H5Br2NOS/c11-6-1-2-8(12)7(5-6)10(14)9-3-4-15-13-9/h1-5H. The van der Waals surface area contributed by atoms with Crippen molar-refractivity contribution in [3.63, 3.8) is 0 Å². The van der Waals surface area contributed by atoms with Crippen molar-refractivity contribution in [1.82, 2.24) is 4.37 Å². The van der Waals surface area contributed by atoms with Gasteiger partial charge in [-0.1, -0.05) is 31.9 Å². The maximum Gasteiger partial charge on any atom is 0.213 e. The van der Waals surface area contributed by atoms with Gasteiger partial charge in [0, 0.05) is 19.9 Å². The van der Waals surface area contributed by atoms with Gasteiger partial charge in [0.1, 0.15) is 5.69 Å². The molecule has 0 aliphatic carbocycles. The first-order chi connectivity index (χ1) is 7.18. The lowest BCUT2D eigenvalue weighted by atomic mass is 10.1. The SMILES string of the molecule is O=C(c1ccsn1)c1cc(Br)ccc1Br. The first-order valence-electron chi connectivity index (χ1n) is 4.08. The third-order valence-corrected chi connectivity index (χ3v) is 3.59. The Balaban J connectivity index is 2.46. The molecular weight excluding hydrogens is 342 g/mol. The van der Waals surface area contributed by atoms with Gasteiger partial charge in [-0.3, -0.25) is 4.79 Å². The number of aromatic nitrogens is 1. The Morgan fingerprint density at radius 1 is 1.27 bits per heavy atom. The Labute approximate surface area is 108 Å². The Kier molecular flexibility index (Phi) is 3.33. The molecule has 0 spiro atoms. The van der Waals surface area contributed by atoms with Crippen LogP contribution in [-0.2, 0) is 0 Å². The smallest absolute Gasteiger partial charge is 0.213 e. The summed E-state index contributed by atoms with van der Waals surface area (Å²) in [7, 11) is 0. The molecule has 0 bridgehead atoms. The van der Waals surface area contributed by atoms with E-state index in [0.717, 1.165) is 8.95 Å². The Bertz CT molecular complexity index is 496. The molecule has 1 aromatic heterocycles. The van der Waals surface area contributed by atoms with E-state index in [0.29, 0.717) is 11.3 Å². The molecule has 0 saturated carbocycles. The summed E-state index contributed by atoms with van der Waals surface area (Å²) in [5, 5.41) is 1.79. The molecule has 0 saturated heterocycles. The summed E-state index contributed by atoms with van der Waals surface area (Å²) < 4.78 is 5.68. The van der Waals surface area contributed by atoms with Gasteiger partial charge in [0.15, 0.2) is 0 Å². The van der Waals surface area contributed by atoms with Crippen LogP contribution in [0, 0.1) is 0 Å². The average molecular weight is 347 g/mol. The van der Waals surface area contributed by atoms with Gasteiger partial charge in [-0.15, -0.1) is 0 Å². The van der Waals surface area contributed by atoms with Crippen LogP contribution in [0.4, 0.5) is 0 Å². The van der Waals surface area contributed by atoms with E-state index >= 15 is 0 Å². The van der Waals surface area contributed by atoms with Crippen LogP contribution >= 0.6 is 43.4 Å². The van der Waals surface area contributed by atoms with Gasteiger partial charge in [-0.05, 0) is 35.8 Å². The van der Waals surface area contributed by atoms with E-state index in [1.807, 2.05) is 12.1 Å². The second kappa shape index (κ2) is 4.55. The first kappa shape index (κ1) is 11.0. The zero-order valence-electron chi connectivity index (χ0n) is 7.41. The summed E-state index contributed by atoms with van der Waals surface area (Å²) >= 11 is 7.96. The zero-order valence-corrected chi connectivity index (χ0v) is 11.4. The minimum atomic E-state index is -0.0653. The van der Waals surface area contributed by atoms with Crippen molar-refractivity contribution < 1.29 is 4.79 Å². The van der Waals surface area contributed by atoms with Crippen LogP contribution in [0.1, 0.15) is 16.1 Å². The van der Waals surface area contributed by atoms with Crippen molar-refractivity contribution in [3.8, 4) is 0 Å². The number of ketones is 1. The van der Waals surface area contributed by atoms with E-state index < -0.39 is 0 Å². The van der Waals surface area contributed by atoms with Crippen molar-refractivity contribution in [2.24, 2.45) is 0 Å². The highest BCUT2D eigenvalue weighted by atomic mass is 79.9. The van der Waals surface area contributed by atoms with Crippen LogP contribution in [0.25, 0.3) is 0 Å². The fraction of sp³-hybridized carbons (Fsp3) is 0. The highest BCUT2D eigenvalue weighted by molar-refractivity contribution is 9.11. The summed E-state index contributed by atoms with van der Waals surface area (Å²) in [6, 6.07) is 7.22. The number of benzene rings is 1. The lowest BCUT2D eigenvalue weighted by Crippen LogP contribution is -2.02. The molecule has 0 atom stereocenters. The van der Waals surface area contributed by atoms with Crippen molar-refractivity contribution in [1.29, 1.82) is 0 Å². The molecule has 2 rings (SSSR count). The van der Waals surface area contributed by atoms with E-state index in [9.17, 15) is 4.79 Å². The molecule has 15 heavy (non-hydrogen) atoms. The molecule has 0 N–H and O–H groups in total. The lowest BCUT2D eigenvalue weighted by molar-refractivity contribution is 0.103. The molecule has 0 unspecified atom stereocenters. The summed E-state index contributed by atoms with van der Waals surface area (Å²) in [6.07, 6.45) is 0. The zero-order chi connectivity index (χ0) is 10.8. The minimum Gasteiger partial charge on any atom is -0.287 e. The molecular formula is C10H5Br2NOS. The van der Waals surface area contributed by atoms with Crippen LogP contribution in [0.2, 0.25) is 0 Å². The van der Waals surface area contributed by atoms with Gasteiger partial charge in [-0.2, -0.15) is 4.37 Å². The summed E-state index contributed by atoms with van der Waals surface area (Å²) in [5.74, 6) is -0.0653. The third kappa shape index (κ3) is 2.35. The van der Waals surface area contributed by atoms with Gasteiger partial charge >= 0.3 is 0 Å². The molecule has 2 nitrogen and oxygen atoms in total. The molecule has 5 heteroatoms. The van der Waals surface area contributed by atoms with Crippen molar-refractivity contribution in [3.05, 3.63) is 49.8 Å². The lowest BCUT2D eigenvalue weighted by Gasteiger charge is -2.01. The highest BCUT2D eigenvalue weighted by Gasteiger charge is 2.14. The van der Waals surface area contributed by atoms with Crippen molar-refractivity contribution >= 4 is 49.2 Å². The molecule has 76 valence electrons. The Morgan fingerprint density at radius 3 is 2.73 bits per heavy atom. The second-order valence-electron chi connectivity index (χ2n) is 2.84. The first-order valence-corrected chi connectivity index (χ1v) is 6.51. The van der Waals surface area contributed by atoms with Crippen molar-refractivity contribution in [2.75, 3.05) is 0 Å². The molecule has 0 fully saturated rings.